The Kier molecular flexibility index (Phi) is 2.49. The first-order valence-electron chi connectivity index (χ1n) is 5.40. The van der Waals surface area contributed by atoms with Crippen molar-refractivity contribution in [1.82, 2.24) is 19.5 Å². The topological polar surface area (TPSA) is 81.6 Å². The van der Waals surface area contributed by atoms with Crippen molar-refractivity contribution in [3.63, 3.8) is 0 Å². The summed E-state index contributed by atoms with van der Waals surface area (Å²) in [5.41, 5.74) is 3.49. The van der Waals surface area contributed by atoms with Crippen LogP contribution in [0.2, 0.25) is 0 Å². The first-order chi connectivity index (χ1) is 8.69. The van der Waals surface area contributed by atoms with E-state index in [9.17, 15) is 0 Å². The van der Waals surface area contributed by atoms with Crippen molar-refractivity contribution in [3.8, 4) is 11.5 Å². The average Bonchev–Trinajstić information content (AvgIpc) is 2.92. The van der Waals surface area contributed by atoms with E-state index in [2.05, 4.69) is 20.4 Å². The molecule has 0 spiro atoms. The average molecular weight is 260 g/mol. The molecule has 92 valence electrons. The van der Waals surface area contributed by atoms with Crippen LogP contribution in [-0.4, -0.2) is 19.5 Å². The number of hydrazine groups is 1. The van der Waals surface area contributed by atoms with Gasteiger partial charge in [0.05, 0.1) is 17.9 Å². The number of aromatic nitrogens is 4. The molecule has 3 aromatic rings. The number of nitrogens with two attached hydrogens (primary N) is 1. The molecule has 0 aliphatic rings. The van der Waals surface area contributed by atoms with Gasteiger partial charge >= 0.3 is 0 Å². The molecule has 7 heteroatoms. The summed E-state index contributed by atoms with van der Waals surface area (Å²) in [6, 6.07) is 2.03. The second-order valence-corrected chi connectivity index (χ2v) is 5.24. The first kappa shape index (κ1) is 11.1. The fourth-order valence-corrected chi connectivity index (χ4v) is 2.72. The molecule has 0 saturated carbocycles. The van der Waals surface area contributed by atoms with E-state index in [0.717, 1.165) is 15.9 Å². The van der Waals surface area contributed by atoms with Gasteiger partial charge in [-0.25, -0.2) is 20.8 Å². The second kappa shape index (κ2) is 4.04. The van der Waals surface area contributed by atoms with Crippen molar-refractivity contribution in [2.24, 2.45) is 12.9 Å². The van der Waals surface area contributed by atoms with Crippen LogP contribution < -0.4 is 11.3 Å². The normalized spacial score (nSPS) is 11.1. The Balaban J connectivity index is 2.28. The standard InChI is InChI=1S/C11H12N6S/c1-6-3-7-9(16-12)14-10(15-11(7)18-6)8-4-13-5-17(8)2/h3-5H,12H2,1-2H3,(H,14,15,16). The fraction of sp³-hybridized carbons (Fsp3) is 0.182. The van der Waals surface area contributed by atoms with Gasteiger partial charge in [0, 0.05) is 11.9 Å². The smallest absolute Gasteiger partial charge is 0.181 e. The number of hydrogen-bond acceptors (Lipinski definition) is 6. The zero-order chi connectivity index (χ0) is 12.7. The number of nitrogen functional groups attached to an aromatic ring is 1. The maximum atomic E-state index is 5.53. The van der Waals surface area contributed by atoms with Crippen LogP contribution in [-0.2, 0) is 7.05 Å². The Labute approximate surface area is 107 Å². The molecule has 3 aromatic heterocycles. The summed E-state index contributed by atoms with van der Waals surface area (Å²) in [5, 5.41) is 0.950. The molecule has 3 rings (SSSR count). The molecule has 0 aromatic carbocycles. The maximum absolute atomic E-state index is 5.53. The summed E-state index contributed by atoms with van der Waals surface area (Å²) in [5.74, 6) is 6.79. The molecule has 0 bridgehead atoms. The summed E-state index contributed by atoms with van der Waals surface area (Å²) in [7, 11) is 1.91. The van der Waals surface area contributed by atoms with Gasteiger partial charge in [0.15, 0.2) is 11.6 Å². The van der Waals surface area contributed by atoms with Gasteiger partial charge in [-0.15, -0.1) is 11.3 Å². The number of fused-ring (bicyclic) bond motifs is 1. The Bertz CT molecular complexity index is 713. The number of imidazole rings is 1. The molecule has 18 heavy (non-hydrogen) atoms. The van der Waals surface area contributed by atoms with E-state index in [-0.39, 0.29) is 0 Å². The zero-order valence-electron chi connectivity index (χ0n) is 10.0. The summed E-state index contributed by atoms with van der Waals surface area (Å²) < 4.78 is 1.88. The van der Waals surface area contributed by atoms with Crippen LogP contribution in [0.5, 0.6) is 0 Å². The lowest BCUT2D eigenvalue weighted by Gasteiger charge is -2.05. The SMILES string of the molecule is Cc1cc2c(NN)nc(-c3cncn3C)nc2s1. The van der Waals surface area contributed by atoms with Crippen molar-refractivity contribution in [3.05, 3.63) is 23.5 Å². The highest BCUT2D eigenvalue weighted by atomic mass is 32.1. The summed E-state index contributed by atoms with van der Waals surface area (Å²) in [4.78, 5) is 15.2. The number of nitrogens with zero attached hydrogens (tertiary/aromatic N) is 4. The van der Waals surface area contributed by atoms with Gasteiger partial charge in [-0.3, -0.25) is 0 Å². The Morgan fingerprint density at radius 2 is 2.22 bits per heavy atom. The van der Waals surface area contributed by atoms with Crippen LogP contribution >= 0.6 is 11.3 Å². The monoisotopic (exact) mass is 260 g/mol. The molecule has 0 aliphatic heterocycles. The van der Waals surface area contributed by atoms with E-state index in [4.69, 9.17) is 5.84 Å². The molecule has 0 atom stereocenters. The number of rotatable bonds is 2. The number of anilines is 1. The second-order valence-electron chi connectivity index (χ2n) is 4.01. The minimum Gasteiger partial charge on any atom is -0.331 e. The molecule has 3 N–H and O–H groups in total. The van der Waals surface area contributed by atoms with Gasteiger partial charge < -0.3 is 9.99 Å². The largest absolute Gasteiger partial charge is 0.331 e. The van der Waals surface area contributed by atoms with Gasteiger partial charge in [0.2, 0.25) is 0 Å². The number of aryl methyl sites for hydroxylation is 2. The quantitative estimate of drug-likeness (QED) is 0.541. The first-order valence-corrected chi connectivity index (χ1v) is 6.22. The van der Waals surface area contributed by atoms with Crippen LogP contribution in [0.1, 0.15) is 4.88 Å². The van der Waals surface area contributed by atoms with E-state index in [1.54, 1.807) is 23.9 Å². The van der Waals surface area contributed by atoms with Crippen molar-refractivity contribution in [2.75, 3.05) is 5.43 Å². The predicted molar refractivity (Wildman–Crippen MR) is 72.2 cm³/mol. The van der Waals surface area contributed by atoms with Gasteiger partial charge in [0.25, 0.3) is 0 Å². The third-order valence-corrected chi connectivity index (χ3v) is 3.64. The number of thiophene rings is 1. The van der Waals surface area contributed by atoms with Crippen LogP contribution in [0.15, 0.2) is 18.6 Å². The number of nitrogens with one attached hydrogen (secondary N) is 1. The highest BCUT2D eigenvalue weighted by molar-refractivity contribution is 7.18. The molecule has 0 unspecified atom stereocenters. The summed E-state index contributed by atoms with van der Waals surface area (Å²) in [6.45, 7) is 2.04. The van der Waals surface area contributed by atoms with E-state index in [0.29, 0.717) is 11.6 Å². The van der Waals surface area contributed by atoms with E-state index >= 15 is 0 Å². The molecule has 0 aliphatic carbocycles. The molecular formula is C11H12N6S. The van der Waals surface area contributed by atoms with E-state index in [1.165, 1.54) is 4.88 Å². The minimum absolute atomic E-state index is 0.622. The molecule has 0 fully saturated rings. The molecule has 3 heterocycles. The van der Waals surface area contributed by atoms with Crippen molar-refractivity contribution >= 4 is 27.4 Å². The Morgan fingerprint density at radius 3 is 2.89 bits per heavy atom. The molecule has 6 nitrogen and oxygen atoms in total. The fourth-order valence-electron chi connectivity index (χ4n) is 1.84. The van der Waals surface area contributed by atoms with Gasteiger partial charge in [-0.05, 0) is 13.0 Å². The highest BCUT2D eigenvalue weighted by Gasteiger charge is 2.12. The lowest BCUT2D eigenvalue weighted by Crippen LogP contribution is -2.10. The summed E-state index contributed by atoms with van der Waals surface area (Å²) in [6.07, 6.45) is 3.46. The third kappa shape index (κ3) is 1.64. The summed E-state index contributed by atoms with van der Waals surface area (Å²) >= 11 is 1.62. The molecule has 0 saturated heterocycles. The van der Waals surface area contributed by atoms with Gasteiger partial charge in [-0.2, -0.15) is 0 Å². The van der Waals surface area contributed by atoms with Crippen LogP contribution in [0, 0.1) is 6.92 Å². The molecular weight excluding hydrogens is 248 g/mol. The van der Waals surface area contributed by atoms with E-state index in [1.807, 2.05) is 24.6 Å². The number of hydrogen-bond donors (Lipinski definition) is 2. The van der Waals surface area contributed by atoms with Gasteiger partial charge in [0.1, 0.15) is 10.5 Å². The third-order valence-electron chi connectivity index (χ3n) is 2.70. The van der Waals surface area contributed by atoms with Crippen LogP contribution in [0.25, 0.3) is 21.7 Å². The van der Waals surface area contributed by atoms with Gasteiger partial charge in [-0.1, -0.05) is 0 Å². The van der Waals surface area contributed by atoms with Crippen molar-refractivity contribution in [2.45, 2.75) is 6.92 Å². The zero-order valence-corrected chi connectivity index (χ0v) is 10.8. The van der Waals surface area contributed by atoms with E-state index < -0.39 is 0 Å². The molecule has 0 radical (unpaired) electrons. The molecule has 0 amide bonds. The maximum Gasteiger partial charge on any atom is 0.181 e. The Hall–Kier alpha value is -1.99. The predicted octanol–water partition coefficient (Wildman–Crippen LogP) is 1.69. The van der Waals surface area contributed by atoms with Crippen LogP contribution in [0.3, 0.4) is 0 Å². The minimum atomic E-state index is 0.622. The lowest BCUT2D eigenvalue weighted by molar-refractivity contribution is 0.910. The van der Waals surface area contributed by atoms with Crippen LogP contribution in [0.4, 0.5) is 5.82 Å². The highest BCUT2D eigenvalue weighted by Crippen LogP contribution is 2.30. The van der Waals surface area contributed by atoms with Crippen molar-refractivity contribution < 1.29 is 0 Å². The lowest BCUT2D eigenvalue weighted by atomic mass is 10.3. The Morgan fingerprint density at radius 1 is 1.39 bits per heavy atom. The van der Waals surface area contributed by atoms with Crippen molar-refractivity contribution in [1.29, 1.82) is 0 Å².